The van der Waals surface area contributed by atoms with Gasteiger partial charge in [0.1, 0.15) is 17.9 Å². The van der Waals surface area contributed by atoms with E-state index in [-0.39, 0.29) is 30.2 Å². The van der Waals surface area contributed by atoms with Crippen LogP contribution in [-0.4, -0.2) is 60.6 Å². The summed E-state index contributed by atoms with van der Waals surface area (Å²) in [5, 5.41) is 6.21. The van der Waals surface area contributed by atoms with Gasteiger partial charge in [0.05, 0.1) is 6.10 Å². The summed E-state index contributed by atoms with van der Waals surface area (Å²) in [5.41, 5.74) is 1.50. The lowest BCUT2D eigenvalue weighted by Gasteiger charge is -2.32. The first-order valence-corrected chi connectivity index (χ1v) is 13.7. The van der Waals surface area contributed by atoms with E-state index in [0.29, 0.717) is 36.6 Å². The van der Waals surface area contributed by atoms with Crippen molar-refractivity contribution in [2.45, 2.75) is 101 Å². The molecule has 2 aliphatic heterocycles. The average molecular weight is 498 g/mol. The van der Waals surface area contributed by atoms with Crippen LogP contribution in [0.15, 0.2) is 18.2 Å². The van der Waals surface area contributed by atoms with Crippen LogP contribution in [-0.2, 0) is 20.9 Å². The molecule has 2 heterocycles. The van der Waals surface area contributed by atoms with E-state index in [9.17, 15) is 14.4 Å². The fourth-order valence-corrected chi connectivity index (χ4v) is 6.34. The zero-order chi connectivity index (χ0) is 25.1. The maximum absolute atomic E-state index is 13.0. The smallest absolute Gasteiger partial charge is 0.255 e. The van der Waals surface area contributed by atoms with E-state index in [1.54, 1.807) is 4.90 Å². The van der Waals surface area contributed by atoms with Gasteiger partial charge in [-0.05, 0) is 87.6 Å². The number of methoxy groups -OCH3 is 1. The summed E-state index contributed by atoms with van der Waals surface area (Å²) in [6.45, 7) is 1.40. The number of hydrogen-bond donors (Lipinski definition) is 2. The SMILES string of the molecule is COC1CCC(CN[C@H]2CCCCC[C@@H]2Oc2ccc3c(c2)CN(C2CCC(=O)NC2=O)C3=O)CC1. The molecule has 36 heavy (non-hydrogen) atoms. The second kappa shape index (κ2) is 11.3. The molecule has 1 saturated heterocycles. The molecule has 0 radical (unpaired) electrons. The molecule has 8 nitrogen and oxygen atoms in total. The van der Waals surface area contributed by atoms with Crippen LogP contribution < -0.4 is 15.4 Å². The van der Waals surface area contributed by atoms with Crippen LogP contribution >= 0.6 is 0 Å². The van der Waals surface area contributed by atoms with Gasteiger partial charge in [-0.2, -0.15) is 0 Å². The number of rotatable bonds is 7. The molecule has 0 bridgehead atoms. The molecule has 1 aromatic carbocycles. The minimum atomic E-state index is -0.596. The standard InChI is InChI=1S/C28H39N3O5/c1-35-20-9-7-18(8-10-20)16-29-23-5-3-2-4-6-25(23)36-21-11-12-22-19(15-21)17-31(28(22)34)24-13-14-26(32)30-27(24)33/h11-12,15,18,20,23-25,29H,2-10,13-14,16-17H2,1H3,(H,30,32,33)/t18?,20?,23-,24?,25-/m0/s1. The molecule has 196 valence electrons. The normalized spacial score (nSPS) is 31.1. The molecule has 0 aromatic heterocycles. The van der Waals surface area contributed by atoms with E-state index in [1.165, 1.54) is 25.7 Å². The van der Waals surface area contributed by atoms with E-state index in [2.05, 4.69) is 10.6 Å². The van der Waals surface area contributed by atoms with Gasteiger partial charge in [0.2, 0.25) is 11.8 Å². The van der Waals surface area contributed by atoms with E-state index in [4.69, 9.17) is 9.47 Å². The molecule has 3 fully saturated rings. The fourth-order valence-electron chi connectivity index (χ4n) is 6.34. The van der Waals surface area contributed by atoms with Crippen LogP contribution in [0, 0.1) is 5.92 Å². The van der Waals surface area contributed by atoms with Crippen molar-refractivity contribution in [2.75, 3.05) is 13.7 Å². The summed E-state index contributed by atoms with van der Waals surface area (Å²) < 4.78 is 12.1. The number of ether oxygens (including phenoxy) is 2. The molecular weight excluding hydrogens is 458 g/mol. The van der Waals surface area contributed by atoms with Crippen LogP contribution in [0.1, 0.15) is 86.6 Å². The van der Waals surface area contributed by atoms with Crippen LogP contribution in [0.2, 0.25) is 0 Å². The van der Waals surface area contributed by atoms with E-state index in [1.807, 2.05) is 25.3 Å². The maximum atomic E-state index is 13.0. The molecule has 4 aliphatic rings. The summed E-state index contributed by atoms with van der Waals surface area (Å²) in [6, 6.07) is 5.40. The van der Waals surface area contributed by atoms with Gasteiger partial charge >= 0.3 is 0 Å². The Bertz CT molecular complexity index is 974. The second-order valence-corrected chi connectivity index (χ2v) is 10.9. The summed E-state index contributed by atoms with van der Waals surface area (Å²) in [5.74, 6) is 0.677. The minimum Gasteiger partial charge on any atom is -0.489 e. The summed E-state index contributed by atoms with van der Waals surface area (Å²) in [4.78, 5) is 38.4. The molecule has 5 rings (SSSR count). The molecule has 2 N–H and O–H groups in total. The van der Waals surface area contributed by atoms with Crippen LogP contribution in [0.5, 0.6) is 5.75 Å². The van der Waals surface area contributed by atoms with Crippen molar-refractivity contribution in [3.63, 3.8) is 0 Å². The Morgan fingerprint density at radius 3 is 2.58 bits per heavy atom. The predicted octanol–water partition coefficient (Wildman–Crippen LogP) is 3.32. The highest BCUT2D eigenvalue weighted by atomic mass is 16.5. The van der Waals surface area contributed by atoms with Crippen molar-refractivity contribution in [3.8, 4) is 5.75 Å². The number of carbonyl (C=O) groups excluding carboxylic acids is 3. The Kier molecular flexibility index (Phi) is 7.91. The summed E-state index contributed by atoms with van der Waals surface area (Å²) in [7, 11) is 1.82. The van der Waals surface area contributed by atoms with Gasteiger partial charge in [-0.25, -0.2) is 0 Å². The summed E-state index contributed by atoms with van der Waals surface area (Å²) in [6.07, 6.45) is 11.6. The van der Waals surface area contributed by atoms with Crippen molar-refractivity contribution in [1.29, 1.82) is 0 Å². The van der Waals surface area contributed by atoms with Gasteiger partial charge < -0.3 is 19.7 Å². The maximum Gasteiger partial charge on any atom is 0.255 e. The number of nitrogens with one attached hydrogen (secondary N) is 2. The molecule has 1 unspecified atom stereocenters. The number of hydrogen-bond acceptors (Lipinski definition) is 6. The van der Waals surface area contributed by atoms with Crippen LogP contribution in [0.3, 0.4) is 0 Å². The molecule has 2 aliphatic carbocycles. The lowest BCUT2D eigenvalue weighted by molar-refractivity contribution is -0.136. The Hall–Kier alpha value is -2.45. The number of imide groups is 1. The first-order chi connectivity index (χ1) is 17.5. The van der Waals surface area contributed by atoms with Gasteiger partial charge in [0, 0.05) is 31.7 Å². The lowest BCUT2D eigenvalue weighted by Crippen LogP contribution is -2.52. The average Bonchev–Trinajstić information content (AvgIpc) is 3.04. The molecule has 1 aromatic rings. The van der Waals surface area contributed by atoms with Crippen molar-refractivity contribution >= 4 is 17.7 Å². The number of benzene rings is 1. The first kappa shape index (κ1) is 25.2. The van der Waals surface area contributed by atoms with Crippen LogP contribution in [0.25, 0.3) is 0 Å². The van der Waals surface area contributed by atoms with Gasteiger partial charge in [-0.1, -0.05) is 12.8 Å². The molecule has 8 heteroatoms. The third-order valence-electron chi connectivity index (χ3n) is 8.53. The molecular formula is C28H39N3O5. The third-order valence-corrected chi connectivity index (χ3v) is 8.53. The Balaban J connectivity index is 1.21. The molecule has 3 atom stereocenters. The molecule has 0 spiro atoms. The predicted molar refractivity (Wildman–Crippen MR) is 135 cm³/mol. The van der Waals surface area contributed by atoms with E-state index < -0.39 is 6.04 Å². The fraction of sp³-hybridized carbons (Fsp3) is 0.679. The van der Waals surface area contributed by atoms with Crippen molar-refractivity contribution in [1.82, 2.24) is 15.5 Å². The zero-order valence-electron chi connectivity index (χ0n) is 21.3. The number of amides is 3. The number of piperidine rings is 1. The van der Waals surface area contributed by atoms with E-state index in [0.717, 1.165) is 50.0 Å². The number of nitrogens with zero attached hydrogens (tertiary/aromatic N) is 1. The van der Waals surface area contributed by atoms with Crippen molar-refractivity contribution in [2.24, 2.45) is 5.92 Å². The Morgan fingerprint density at radius 2 is 1.81 bits per heavy atom. The molecule has 2 saturated carbocycles. The Morgan fingerprint density at radius 1 is 1.00 bits per heavy atom. The molecule has 3 amide bonds. The highest BCUT2D eigenvalue weighted by Gasteiger charge is 2.39. The zero-order valence-corrected chi connectivity index (χ0v) is 21.3. The number of fused-ring (bicyclic) bond motifs is 1. The minimum absolute atomic E-state index is 0.101. The quantitative estimate of drug-likeness (QED) is 0.443. The van der Waals surface area contributed by atoms with Gasteiger partial charge in [0.25, 0.3) is 5.91 Å². The van der Waals surface area contributed by atoms with Crippen molar-refractivity contribution < 1.29 is 23.9 Å². The third kappa shape index (κ3) is 5.59. The largest absolute Gasteiger partial charge is 0.489 e. The Labute approximate surface area is 213 Å². The summed E-state index contributed by atoms with van der Waals surface area (Å²) >= 11 is 0. The monoisotopic (exact) mass is 497 g/mol. The highest BCUT2D eigenvalue weighted by molar-refractivity contribution is 6.05. The van der Waals surface area contributed by atoms with Crippen molar-refractivity contribution in [3.05, 3.63) is 29.3 Å². The van der Waals surface area contributed by atoms with Gasteiger partial charge in [-0.15, -0.1) is 0 Å². The number of carbonyl (C=O) groups is 3. The van der Waals surface area contributed by atoms with Gasteiger partial charge in [-0.3, -0.25) is 19.7 Å². The highest BCUT2D eigenvalue weighted by Crippen LogP contribution is 2.32. The lowest BCUT2D eigenvalue weighted by atomic mass is 9.87. The first-order valence-electron chi connectivity index (χ1n) is 13.7. The van der Waals surface area contributed by atoms with E-state index >= 15 is 0 Å². The van der Waals surface area contributed by atoms with Crippen LogP contribution in [0.4, 0.5) is 0 Å². The van der Waals surface area contributed by atoms with Gasteiger partial charge in [0.15, 0.2) is 0 Å². The second-order valence-electron chi connectivity index (χ2n) is 10.9. The topological polar surface area (TPSA) is 97.0 Å².